The quantitative estimate of drug-likeness (QED) is 0.731. The third-order valence-electron chi connectivity index (χ3n) is 3.43. The fourth-order valence-corrected chi connectivity index (χ4v) is 3.65. The topological polar surface area (TPSA) is 26.0 Å². The predicted molar refractivity (Wildman–Crippen MR) is 84.5 cm³/mol. The van der Waals surface area contributed by atoms with Gasteiger partial charge < -0.3 is 5.73 Å². The second-order valence-electron chi connectivity index (χ2n) is 4.95. The summed E-state index contributed by atoms with van der Waals surface area (Å²) in [5.41, 5.74) is 5.93. The number of rotatable bonds is 3. The van der Waals surface area contributed by atoms with Crippen molar-refractivity contribution < 1.29 is 13.2 Å². The molecule has 22 heavy (non-hydrogen) atoms. The summed E-state index contributed by atoms with van der Waals surface area (Å²) in [5, 5.41) is 0.0590. The Hall–Kier alpha value is -0.680. The van der Waals surface area contributed by atoms with Crippen LogP contribution in [0.3, 0.4) is 0 Å². The van der Waals surface area contributed by atoms with Crippen LogP contribution in [-0.4, -0.2) is 11.9 Å². The highest BCUT2D eigenvalue weighted by atomic mass is 35.5. The number of benzene rings is 1. The molecule has 120 valence electrons. The maximum atomic E-state index is 13.0. The molecule has 1 aromatic carbocycles. The predicted octanol–water partition coefficient (Wildman–Crippen LogP) is 5.16. The van der Waals surface area contributed by atoms with Crippen LogP contribution in [0.15, 0.2) is 40.4 Å². The molecule has 2 rings (SSSR count). The summed E-state index contributed by atoms with van der Waals surface area (Å²) in [5.74, 6) is -0.574. The number of alkyl halides is 4. The zero-order chi connectivity index (χ0) is 16.5. The molecule has 0 spiro atoms. The van der Waals surface area contributed by atoms with E-state index >= 15 is 0 Å². The van der Waals surface area contributed by atoms with Crippen LogP contribution in [0.5, 0.6) is 0 Å². The number of halogens is 6. The van der Waals surface area contributed by atoms with Crippen LogP contribution in [0.2, 0.25) is 0 Å². The van der Waals surface area contributed by atoms with Crippen LogP contribution in [-0.2, 0) is 12.6 Å². The normalized spacial score (nSPS) is 22.3. The van der Waals surface area contributed by atoms with Gasteiger partial charge in [0.25, 0.3) is 0 Å². The van der Waals surface area contributed by atoms with Crippen molar-refractivity contribution in [3.8, 4) is 0 Å². The minimum atomic E-state index is -4.43. The third kappa shape index (κ3) is 3.80. The van der Waals surface area contributed by atoms with Crippen molar-refractivity contribution in [3.63, 3.8) is 0 Å². The zero-order valence-electron chi connectivity index (χ0n) is 11.3. The molecule has 1 aliphatic carbocycles. The van der Waals surface area contributed by atoms with Gasteiger partial charge in [-0.15, -0.1) is 11.6 Å². The molecule has 0 heterocycles. The van der Waals surface area contributed by atoms with E-state index in [2.05, 4.69) is 0 Å². The maximum absolute atomic E-state index is 13.0. The second kappa shape index (κ2) is 6.83. The molecule has 2 unspecified atom stereocenters. The van der Waals surface area contributed by atoms with Crippen molar-refractivity contribution in [2.24, 2.45) is 5.73 Å². The molecule has 0 saturated carbocycles. The van der Waals surface area contributed by atoms with E-state index in [1.807, 2.05) is 0 Å². The van der Waals surface area contributed by atoms with Gasteiger partial charge in [-0.3, -0.25) is 0 Å². The Balaban J connectivity index is 2.54. The summed E-state index contributed by atoms with van der Waals surface area (Å²) < 4.78 is 38.9. The number of hydrogen-bond donors (Lipinski definition) is 1. The first-order chi connectivity index (χ1) is 10.2. The van der Waals surface area contributed by atoms with Gasteiger partial charge in [-0.25, -0.2) is 0 Å². The molecule has 0 bridgehead atoms. The molecule has 1 nitrogen and oxygen atoms in total. The zero-order valence-corrected chi connectivity index (χ0v) is 13.6. The van der Waals surface area contributed by atoms with E-state index in [9.17, 15) is 13.2 Å². The summed E-state index contributed by atoms with van der Waals surface area (Å²) in [7, 11) is 0. The molecule has 0 amide bonds. The third-order valence-corrected chi connectivity index (χ3v) is 4.39. The number of hydrogen-bond acceptors (Lipinski definition) is 1. The average molecular weight is 371 g/mol. The summed E-state index contributed by atoms with van der Waals surface area (Å²) >= 11 is 18.3. The number of nitrogens with two attached hydrogens (primary N) is 1. The maximum Gasteiger partial charge on any atom is 0.416 e. The van der Waals surface area contributed by atoms with E-state index in [1.54, 1.807) is 6.08 Å². The van der Waals surface area contributed by atoms with Crippen LogP contribution in [0.25, 0.3) is 0 Å². The summed E-state index contributed by atoms with van der Waals surface area (Å²) in [6.45, 7) is 0.315. The molecule has 0 radical (unpaired) electrons. The number of allylic oxidation sites excluding steroid dienone is 4. The van der Waals surface area contributed by atoms with Crippen LogP contribution < -0.4 is 5.73 Å². The molecule has 7 heteroatoms. The highest BCUT2D eigenvalue weighted by Gasteiger charge is 2.34. The van der Waals surface area contributed by atoms with E-state index in [4.69, 9.17) is 40.5 Å². The van der Waals surface area contributed by atoms with Crippen LogP contribution in [0.4, 0.5) is 13.2 Å². The van der Waals surface area contributed by atoms with E-state index in [0.29, 0.717) is 34.2 Å². The highest BCUT2D eigenvalue weighted by Crippen LogP contribution is 2.42. The average Bonchev–Trinajstić information content (AvgIpc) is 2.38. The molecule has 1 aliphatic rings. The molecule has 2 atom stereocenters. The standard InChI is InChI=1S/C15H13Cl3F3N/c16-10-6-12(17)14(13(18)7-10)11-5-9(15(19,20)21)2-1-8(11)3-4-22/h1-2,5-7,12,14H,3-4,22H2. The van der Waals surface area contributed by atoms with Crippen molar-refractivity contribution in [1.82, 2.24) is 0 Å². The minimum Gasteiger partial charge on any atom is -0.330 e. The lowest BCUT2D eigenvalue weighted by atomic mass is 9.86. The lowest BCUT2D eigenvalue weighted by Crippen LogP contribution is -2.19. The largest absolute Gasteiger partial charge is 0.416 e. The van der Waals surface area contributed by atoms with E-state index < -0.39 is 23.0 Å². The van der Waals surface area contributed by atoms with Gasteiger partial charge >= 0.3 is 6.18 Å². The van der Waals surface area contributed by atoms with Crippen molar-refractivity contribution in [1.29, 1.82) is 0 Å². The van der Waals surface area contributed by atoms with Gasteiger partial charge in [-0.1, -0.05) is 29.3 Å². The van der Waals surface area contributed by atoms with Crippen LogP contribution in [0.1, 0.15) is 22.6 Å². The summed E-state index contributed by atoms with van der Waals surface area (Å²) in [4.78, 5) is 0. The van der Waals surface area contributed by atoms with Gasteiger partial charge in [0.15, 0.2) is 0 Å². The Labute approximate surface area is 141 Å². The molecule has 1 aromatic rings. The van der Waals surface area contributed by atoms with Crippen molar-refractivity contribution in [2.75, 3.05) is 6.54 Å². The van der Waals surface area contributed by atoms with E-state index in [-0.39, 0.29) is 0 Å². The van der Waals surface area contributed by atoms with Crippen molar-refractivity contribution >= 4 is 34.8 Å². The Kier molecular flexibility index (Phi) is 5.49. The fraction of sp³-hybridized carbons (Fsp3) is 0.333. The van der Waals surface area contributed by atoms with Crippen LogP contribution >= 0.6 is 34.8 Å². The molecular formula is C15H13Cl3F3N. The lowest BCUT2D eigenvalue weighted by Gasteiger charge is -2.26. The van der Waals surface area contributed by atoms with Gasteiger partial charge in [0.2, 0.25) is 0 Å². The smallest absolute Gasteiger partial charge is 0.330 e. The molecule has 0 saturated heterocycles. The van der Waals surface area contributed by atoms with E-state index in [0.717, 1.165) is 12.1 Å². The Bertz CT molecular complexity index is 623. The molecule has 0 aromatic heterocycles. The van der Waals surface area contributed by atoms with Crippen LogP contribution in [0, 0.1) is 0 Å². The fourth-order valence-electron chi connectivity index (χ4n) is 2.43. The molecule has 0 fully saturated rings. The molecular weight excluding hydrogens is 358 g/mol. The van der Waals surface area contributed by atoms with Gasteiger partial charge in [0, 0.05) is 16.0 Å². The first kappa shape index (κ1) is 17.7. The first-order valence-corrected chi connectivity index (χ1v) is 7.72. The van der Waals surface area contributed by atoms with E-state index in [1.165, 1.54) is 12.1 Å². The summed E-state index contributed by atoms with van der Waals surface area (Å²) in [6, 6.07) is 3.56. The summed E-state index contributed by atoms with van der Waals surface area (Å²) in [6.07, 6.45) is -0.934. The minimum absolute atomic E-state index is 0.310. The van der Waals surface area contributed by atoms with Crippen molar-refractivity contribution in [2.45, 2.75) is 23.9 Å². The monoisotopic (exact) mass is 369 g/mol. The first-order valence-electron chi connectivity index (χ1n) is 6.52. The second-order valence-corrected chi connectivity index (χ2v) is 6.33. The molecule has 0 aliphatic heterocycles. The van der Waals surface area contributed by atoms with Gasteiger partial charge in [0.1, 0.15) is 0 Å². The van der Waals surface area contributed by atoms with Crippen molar-refractivity contribution in [3.05, 3.63) is 57.1 Å². The lowest BCUT2D eigenvalue weighted by molar-refractivity contribution is -0.137. The Morgan fingerprint density at radius 3 is 2.41 bits per heavy atom. The Morgan fingerprint density at radius 2 is 1.86 bits per heavy atom. The van der Waals surface area contributed by atoms with Gasteiger partial charge in [-0.2, -0.15) is 13.2 Å². The Morgan fingerprint density at radius 1 is 1.18 bits per heavy atom. The highest BCUT2D eigenvalue weighted by molar-refractivity contribution is 6.37. The van der Waals surface area contributed by atoms with Gasteiger partial charge in [-0.05, 0) is 48.4 Å². The molecule has 2 N–H and O–H groups in total. The SMILES string of the molecule is NCCc1ccc(C(F)(F)F)cc1C1C(Cl)=CC(Cl)=CC1Cl. The van der Waals surface area contributed by atoms with Gasteiger partial charge in [0.05, 0.1) is 10.9 Å².